The summed E-state index contributed by atoms with van der Waals surface area (Å²) in [7, 11) is -3.65. The van der Waals surface area contributed by atoms with Crippen LogP contribution in [0.1, 0.15) is 48.8 Å². The molecule has 3 unspecified atom stereocenters. The Labute approximate surface area is 193 Å². The lowest BCUT2D eigenvalue weighted by atomic mass is 10.0. The fourth-order valence-corrected chi connectivity index (χ4v) is 5.45. The number of esters is 1. The van der Waals surface area contributed by atoms with Gasteiger partial charge in [0.25, 0.3) is 0 Å². The van der Waals surface area contributed by atoms with Gasteiger partial charge in [-0.05, 0) is 60.9 Å². The molecule has 3 rings (SSSR count). The molecule has 0 aliphatic rings. The maximum Gasteiger partial charge on any atom is 0.324 e. The minimum atomic E-state index is -3.65. The zero-order chi connectivity index (χ0) is 24.0. The van der Waals surface area contributed by atoms with E-state index in [0.29, 0.717) is 17.7 Å². The summed E-state index contributed by atoms with van der Waals surface area (Å²) in [6, 6.07) is 18.8. The van der Waals surface area contributed by atoms with Crippen molar-refractivity contribution in [1.29, 1.82) is 0 Å². The molecule has 0 aliphatic heterocycles. The first-order valence-corrected chi connectivity index (χ1v) is 12.5. The molecule has 0 heterocycles. The van der Waals surface area contributed by atoms with E-state index in [0.717, 1.165) is 16.3 Å². The van der Waals surface area contributed by atoms with Crippen molar-refractivity contribution < 1.29 is 23.4 Å². The monoisotopic (exact) mass is 468 g/mol. The summed E-state index contributed by atoms with van der Waals surface area (Å²) in [6.45, 7) is 5.57. The van der Waals surface area contributed by atoms with Crippen LogP contribution in [0.3, 0.4) is 0 Å². The molecule has 0 aromatic heterocycles. The second kappa shape index (κ2) is 10.6. The van der Waals surface area contributed by atoms with Gasteiger partial charge in [0, 0.05) is 5.56 Å². The number of carbonyl (C=O) groups is 2. The van der Waals surface area contributed by atoms with Gasteiger partial charge in [-0.25, -0.2) is 5.09 Å². The van der Waals surface area contributed by atoms with Crippen LogP contribution in [0.2, 0.25) is 0 Å². The third-order valence-electron chi connectivity index (χ3n) is 5.30. The summed E-state index contributed by atoms with van der Waals surface area (Å²) in [5, 5.41) is 4.62. The van der Waals surface area contributed by atoms with E-state index in [1.54, 1.807) is 50.2 Å². The molecule has 3 N–H and O–H groups in total. The summed E-state index contributed by atoms with van der Waals surface area (Å²) in [4.78, 5) is 24.0. The summed E-state index contributed by atoms with van der Waals surface area (Å²) in [5.41, 5.74) is 5.93. The molecular formula is C25H29N2O5P. The molecule has 3 aromatic carbocycles. The van der Waals surface area contributed by atoms with Crippen LogP contribution in [0.4, 0.5) is 0 Å². The van der Waals surface area contributed by atoms with Crippen LogP contribution in [0, 0.1) is 0 Å². The molecule has 1 amide bonds. The topological polar surface area (TPSA) is 108 Å². The van der Waals surface area contributed by atoms with Crippen LogP contribution in [-0.2, 0) is 14.1 Å². The third kappa shape index (κ3) is 6.01. The van der Waals surface area contributed by atoms with Crippen LogP contribution in [0.15, 0.2) is 66.7 Å². The van der Waals surface area contributed by atoms with Gasteiger partial charge in [0.2, 0.25) is 5.91 Å². The van der Waals surface area contributed by atoms with Gasteiger partial charge in [-0.2, -0.15) is 0 Å². The van der Waals surface area contributed by atoms with Crippen molar-refractivity contribution in [1.82, 2.24) is 5.09 Å². The summed E-state index contributed by atoms with van der Waals surface area (Å²) < 4.78 is 25.4. The lowest BCUT2D eigenvalue weighted by Crippen LogP contribution is -2.35. The number of para-hydroxylation sites is 1. The molecule has 8 heteroatoms. The number of hydrogen-bond acceptors (Lipinski definition) is 5. The van der Waals surface area contributed by atoms with Crippen molar-refractivity contribution in [3.8, 4) is 5.75 Å². The predicted octanol–water partition coefficient (Wildman–Crippen LogP) is 5.20. The Morgan fingerprint density at radius 1 is 1.00 bits per heavy atom. The number of amides is 1. The molecule has 0 spiro atoms. The Hall–Kier alpha value is -3.15. The number of ether oxygens (including phenoxy) is 1. The molecule has 3 atom stereocenters. The van der Waals surface area contributed by atoms with E-state index in [9.17, 15) is 14.2 Å². The highest BCUT2D eigenvalue weighted by molar-refractivity contribution is 7.57. The fourth-order valence-electron chi connectivity index (χ4n) is 3.38. The third-order valence-corrected chi connectivity index (χ3v) is 7.85. The first kappa shape index (κ1) is 24.5. The molecule has 3 aromatic rings. The maximum absolute atomic E-state index is 14.2. The minimum Gasteiger partial charge on any atom is -0.465 e. The van der Waals surface area contributed by atoms with Crippen molar-refractivity contribution in [2.45, 2.75) is 38.9 Å². The molecule has 0 fully saturated rings. The van der Waals surface area contributed by atoms with Gasteiger partial charge in [0.1, 0.15) is 11.8 Å². The molecule has 7 nitrogen and oxygen atoms in total. The number of primary amides is 1. The normalized spacial score (nSPS) is 14.8. The van der Waals surface area contributed by atoms with Gasteiger partial charge in [-0.15, -0.1) is 0 Å². The number of hydrogen-bond donors (Lipinski definition) is 2. The average Bonchev–Trinajstić information content (AvgIpc) is 2.81. The zero-order valence-corrected chi connectivity index (χ0v) is 19.9. The average molecular weight is 468 g/mol. The summed E-state index contributed by atoms with van der Waals surface area (Å²) >= 11 is 0. The van der Waals surface area contributed by atoms with Crippen LogP contribution in [0.25, 0.3) is 10.8 Å². The van der Waals surface area contributed by atoms with Crippen LogP contribution >= 0.6 is 7.52 Å². The second-order valence-corrected chi connectivity index (χ2v) is 10.3. The van der Waals surface area contributed by atoms with Crippen LogP contribution in [0.5, 0.6) is 5.75 Å². The summed E-state index contributed by atoms with van der Waals surface area (Å²) in [5.74, 6) is -0.592. The summed E-state index contributed by atoms with van der Waals surface area (Å²) in [6.07, 6.45) is 0.692. The van der Waals surface area contributed by atoms with Gasteiger partial charge in [-0.3, -0.25) is 14.2 Å². The number of rotatable bonds is 10. The van der Waals surface area contributed by atoms with E-state index < -0.39 is 31.1 Å². The number of fused-ring (bicyclic) bond motifs is 1. The van der Waals surface area contributed by atoms with Crippen LogP contribution < -0.4 is 15.3 Å². The molecule has 0 saturated heterocycles. The first-order valence-electron chi connectivity index (χ1n) is 10.9. The molecule has 0 saturated carbocycles. The van der Waals surface area contributed by atoms with Gasteiger partial charge in [0.05, 0.1) is 12.3 Å². The molecule has 0 aliphatic carbocycles. The van der Waals surface area contributed by atoms with Gasteiger partial charge >= 0.3 is 13.5 Å². The predicted molar refractivity (Wildman–Crippen MR) is 129 cm³/mol. The highest BCUT2D eigenvalue weighted by Gasteiger charge is 2.37. The first-order chi connectivity index (χ1) is 15.7. The highest BCUT2D eigenvalue weighted by Crippen LogP contribution is 2.56. The van der Waals surface area contributed by atoms with E-state index in [2.05, 4.69) is 5.09 Å². The van der Waals surface area contributed by atoms with Crippen molar-refractivity contribution in [3.63, 3.8) is 0 Å². The van der Waals surface area contributed by atoms with Gasteiger partial charge in [0.15, 0.2) is 0 Å². The van der Waals surface area contributed by atoms with E-state index in [4.69, 9.17) is 15.0 Å². The Morgan fingerprint density at radius 3 is 2.36 bits per heavy atom. The molecule has 174 valence electrons. The van der Waals surface area contributed by atoms with E-state index in [1.165, 1.54) is 0 Å². The Kier molecular flexibility index (Phi) is 7.90. The lowest BCUT2D eigenvalue weighted by Gasteiger charge is -2.28. The standard InChI is InChI=1S/C25H29N2O5P/c1-4-14-31-25(29)17(2)27-33(30,32-23-8-6-5-7-9-23)18(3)20-12-10-19-11-13-21(24(26)28)16-22(19)15-20/h5-13,15-18H,4,14H2,1-3H3,(H2,26,28)(H,27,30). The van der Waals surface area contributed by atoms with Crippen molar-refractivity contribution in [2.24, 2.45) is 5.73 Å². The van der Waals surface area contributed by atoms with Crippen molar-refractivity contribution in [3.05, 3.63) is 77.9 Å². The maximum atomic E-state index is 14.2. The number of nitrogens with two attached hydrogens (primary N) is 1. The zero-order valence-electron chi connectivity index (χ0n) is 19.0. The number of nitrogens with one attached hydrogen (secondary N) is 1. The Morgan fingerprint density at radius 2 is 1.70 bits per heavy atom. The minimum absolute atomic E-state index is 0.289. The fraction of sp³-hybridized carbons (Fsp3) is 0.280. The van der Waals surface area contributed by atoms with Crippen LogP contribution in [-0.4, -0.2) is 24.5 Å². The number of carbonyl (C=O) groups excluding carboxylic acids is 2. The van der Waals surface area contributed by atoms with E-state index in [-0.39, 0.29) is 6.61 Å². The largest absolute Gasteiger partial charge is 0.465 e. The molecule has 0 radical (unpaired) electrons. The molecule has 0 bridgehead atoms. The van der Waals surface area contributed by atoms with E-state index in [1.807, 2.05) is 37.3 Å². The second-order valence-electron chi connectivity index (χ2n) is 7.88. The Bertz CT molecular complexity index is 1180. The molecule has 33 heavy (non-hydrogen) atoms. The lowest BCUT2D eigenvalue weighted by molar-refractivity contribution is -0.145. The van der Waals surface area contributed by atoms with Crippen molar-refractivity contribution in [2.75, 3.05) is 6.61 Å². The number of benzene rings is 3. The Balaban J connectivity index is 1.97. The van der Waals surface area contributed by atoms with Crippen molar-refractivity contribution >= 4 is 30.2 Å². The SMILES string of the molecule is CCCOC(=O)C(C)NP(=O)(Oc1ccccc1)C(C)c1ccc2ccc(C(N)=O)cc2c1. The van der Waals surface area contributed by atoms with E-state index >= 15 is 0 Å². The molecular weight excluding hydrogens is 439 g/mol. The van der Waals surface area contributed by atoms with Gasteiger partial charge in [-0.1, -0.05) is 49.4 Å². The smallest absolute Gasteiger partial charge is 0.324 e. The quantitative estimate of drug-likeness (QED) is 0.313. The highest BCUT2D eigenvalue weighted by atomic mass is 31.2. The van der Waals surface area contributed by atoms with Gasteiger partial charge < -0.3 is 15.0 Å².